The van der Waals surface area contributed by atoms with Crippen molar-refractivity contribution >= 4 is 12.0 Å². The van der Waals surface area contributed by atoms with Gasteiger partial charge in [0, 0.05) is 23.4 Å². The molecule has 0 aliphatic heterocycles. The minimum Gasteiger partial charge on any atom is -0.493 e. The van der Waals surface area contributed by atoms with Crippen LogP contribution in [0.2, 0.25) is 0 Å². The fourth-order valence-corrected chi connectivity index (χ4v) is 3.45. The fraction of sp³-hybridized carbons (Fsp3) is 0.107. The summed E-state index contributed by atoms with van der Waals surface area (Å²) in [5.74, 6) is 0.439. The van der Waals surface area contributed by atoms with E-state index in [-0.39, 0.29) is 13.2 Å². The second-order valence-corrected chi connectivity index (χ2v) is 7.45. The van der Waals surface area contributed by atoms with Gasteiger partial charge in [0.05, 0.1) is 18.5 Å². The molecule has 0 bridgehead atoms. The Kier molecular flexibility index (Phi) is 7.56. The molecule has 0 aliphatic rings. The lowest BCUT2D eigenvalue weighted by Gasteiger charge is -2.08. The first kappa shape index (κ1) is 23.3. The van der Waals surface area contributed by atoms with Crippen LogP contribution in [0.5, 0.6) is 11.5 Å². The number of carbonyl (C=O) groups excluding carboxylic acids is 1. The number of ether oxygens (including phenoxy) is 3. The van der Waals surface area contributed by atoms with Gasteiger partial charge in [-0.3, -0.25) is 0 Å². The predicted molar refractivity (Wildman–Crippen MR) is 132 cm³/mol. The van der Waals surface area contributed by atoms with Crippen molar-refractivity contribution in [2.75, 3.05) is 13.7 Å². The summed E-state index contributed by atoms with van der Waals surface area (Å²) in [5.41, 5.74) is 4.13. The molecule has 1 aromatic heterocycles. The summed E-state index contributed by atoms with van der Waals surface area (Å²) < 4.78 is 17.9. The Hall–Kier alpha value is -4.83. The normalized spacial score (nSPS) is 10.6. The molecule has 0 radical (unpaired) electrons. The molecule has 0 amide bonds. The lowest BCUT2D eigenvalue weighted by Crippen LogP contribution is -2.01. The number of para-hydroxylation sites is 1. The zero-order chi connectivity index (χ0) is 24.5. The van der Waals surface area contributed by atoms with Gasteiger partial charge in [0.25, 0.3) is 0 Å². The summed E-state index contributed by atoms with van der Waals surface area (Å²) in [4.78, 5) is 12.4. The molecule has 0 atom stereocenters. The Bertz CT molecular complexity index is 1360. The van der Waals surface area contributed by atoms with Gasteiger partial charge in [0.1, 0.15) is 12.7 Å². The van der Waals surface area contributed by atoms with Crippen molar-refractivity contribution in [1.29, 1.82) is 5.26 Å². The second kappa shape index (κ2) is 11.3. The van der Waals surface area contributed by atoms with E-state index in [2.05, 4.69) is 0 Å². The molecule has 0 unspecified atom stereocenters. The van der Waals surface area contributed by atoms with Gasteiger partial charge in [-0.25, -0.2) is 9.48 Å². The van der Waals surface area contributed by atoms with E-state index < -0.39 is 5.97 Å². The molecule has 174 valence electrons. The zero-order valence-corrected chi connectivity index (χ0v) is 19.1. The van der Waals surface area contributed by atoms with Crippen molar-refractivity contribution in [3.63, 3.8) is 0 Å². The summed E-state index contributed by atoms with van der Waals surface area (Å²) in [5, 5.41) is 13.4. The van der Waals surface area contributed by atoms with Gasteiger partial charge in [-0.15, -0.1) is 0 Å². The third-order valence-corrected chi connectivity index (χ3v) is 5.12. The Labute approximate surface area is 203 Å². The van der Waals surface area contributed by atoms with E-state index in [0.717, 1.165) is 28.1 Å². The number of nitrogens with zero attached hydrogens (tertiary/aromatic N) is 3. The molecule has 0 spiro atoms. The van der Waals surface area contributed by atoms with Crippen LogP contribution in [0.15, 0.2) is 91.1 Å². The van der Waals surface area contributed by atoms with E-state index in [4.69, 9.17) is 24.6 Å². The molecule has 3 aromatic carbocycles. The third kappa shape index (κ3) is 5.95. The van der Waals surface area contributed by atoms with Crippen molar-refractivity contribution in [2.24, 2.45) is 0 Å². The first-order chi connectivity index (χ1) is 17.2. The molecule has 7 nitrogen and oxygen atoms in total. The van der Waals surface area contributed by atoms with E-state index in [1.54, 1.807) is 29.0 Å². The highest BCUT2D eigenvalue weighted by molar-refractivity contribution is 5.87. The van der Waals surface area contributed by atoms with Gasteiger partial charge >= 0.3 is 5.97 Å². The molecule has 7 heteroatoms. The van der Waals surface area contributed by atoms with Crippen molar-refractivity contribution in [3.05, 3.63) is 102 Å². The van der Waals surface area contributed by atoms with Gasteiger partial charge in [0.15, 0.2) is 18.1 Å². The van der Waals surface area contributed by atoms with E-state index in [1.165, 1.54) is 13.2 Å². The maximum atomic E-state index is 12.4. The maximum Gasteiger partial charge on any atom is 0.331 e. The van der Waals surface area contributed by atoms with Crippen LogP contribution in [0.1, 0.15) is 11.1 Å². The van der Waals surface area contributed by atoms with E-state index >= 15 is 0 Å². The van der Waals surface area contributed by atoms with Crippen LogP contribution in [0.25, 0.3) is 23.0 Å². The fourth-order valence-electron chi connectivity index (χ4n) is 3.45. The van der Waals surface area contributed by atoms with E-state index in [0.29, 0.717) is 11.5 Å². The van der Waals surface area contributed by atoms with Crippen LogP contribution >= 0.6 is 0 Å². The minimum atomic E-state index is -0.486. The van der Waals surface area contributed by atoms with E-state index in [9.17, 15) is 4.79 Å². The first-order valence-corrected chi connectivity index (χ1v) is 10.9. The zero-order valence-electron chi connectivity index (χ0n) is 19.1. The lowest BCUT2D eigenvalue weighted by atomic mass is 10.1. The molecule has 0 N–H and O–H groups in total. The number of aromatic nitrogens is 2. The number of esters is 1. The van der Waals surface area contributed by atoms with Crippen LogP contribution in [-0.4, -0.2) is 29.5 Å². The molecule has 4 rings (SSSR count). The quantitative estimate of drug-likeness (QED) is 0.249. The smallest absolute Gasteiger partial charge is 0.331 e. The number of hydrogen-bond donors (Lipinski definition) is 0. The van der Waals surface area contributed by atoms with Gasteiger partial charge in [-0.05, 0) is 35.9 Å². The van der Waals surface area contributed by atoms with Crippen LogP contribution in [0.4, 0.5) is 0 Å². The van der Waals surface area contributed by atoms with Gasteiger partial charge in [-0.1, -0.05) is 54.6 Å². The van der Waals surface area contributed by atoms with Crippen molar-refractivity contribution < 1.29 is 19.0 Å². The van der Waals surface area contributed by atoms with Gasteiger partial charge < -0.3 is 14.2 Å². The predicted octanol–water partition coefficient (Wildman–Crippen LogP) is 5.21. The molecule has 0 saturated carbocycles. The summed E-state index contributed by atoms with van der Waals surface area (Å²) >= 11 is 0. The average Bonchev–Trinajstić information content (AvgIpc) is 3.35. The Morgan fingerprint density at radius 2 is 1.77 bits per heavy atom. The molecular formula is C28H23N3O4. The summed E-state index contributed by atoms with van der Waals surface area (Å²) in [6.45, 7) is -0.00576. The Morgan fingerprint density at radius 1 is 1.03 bits per heavy atom. The number of hydrogen-bond acceptors (Lipinski definition) is 6. The highest BCUT2D eigenvalue weighted by atomic mass is 16.5. The number of carbonyl (C=O) groups is 1. The van der Waals surface area contributed by atoms with Crippen LogP contribution in [0, 0.1) is 11.3 Å². The highest BCUT2D eigenvalue weighted by Crippen LogP contribution is 2.28. The number of methoxy groups -OCH3 is 1. The Morgan fingerprint density at radius 3 is 2.49 bits per heavy atom. The highest BCUT2D eigenvalue weighted by Gasteiger charge is 2.14. The van der Waals surface area contributed by atoms with Gasteiger partial charge in [0.2, 0.25) is 0 Å². The van der Waals surface area contributed by atoms with Crippen molar-refractivity contribution in [1.82, 2.24) is 9.78 Å². The average molecular weight is 466 g/mol. The van der Waals surface area contributed by atoms with Gasteiger partial charge in [-0.2, -0.15) is 10.4 Å². The molecule has 0 saturated heterocycles. The molecule has 4 aromatic rings. The standard InChI is InChI=1S/C28H23N3O4/c1-33-26-18-21(12-14-25(26)34-17-16-29)13-15-27(32)35-20-23-19-31(24-10-6-3-7-11-24)30-28(23)22-8-4-2-5-9-22/h2-15,18-19H,17,20H2,1H3/b15-13+. The number of benzene rings is 3. The molecule has 35 heavy (non-hydrogen) atoms. The summed E-state index contributed by atoms with van der Waals surface area (Å²) in [7, 11) is 1.51. The van der Waals surface area contributed by atoms with E-state index in [1.807, 2.05) is 72.9 Å². The molecule has 0 aliphatic carbocycles. The second-order valence-electron chi connectivity index (χ2n) is 7.45. The largest absolute Gasteiger partial charge is 0.493 e. The SMILES string of the molecule is COc1cc(/C=C/C(=O)OCc2cn(-c3ccccc3)nc2-c2ccccc2)ccc1OCC#N. The third-order valence-electron chi connectivity index (χ3n) is 5.12. The molecule has 1 heterocycles. The molecule has 0 fully saturated rings. The van der Waals surface area contributed by atoms with Crippen molar-refractivity contribution in [2.45, 2.75) is 6.61 Å². The number of nitriles is 1. The molecular weight excluding hydrogens is 442 g/mol. The summed E-state index contributed by atoms with van der Waals surface area (Å²) in [6.07, 6.45) is 4.86. The number of rotatable bonds is 9. The maximum absolute atomic E-state index is 12.4. The first-order valence-electron chi connectivity index (χ1n) is 10.9. The Balaban J connectivity index is 1.48. The van der Waals surface area contributed by atoms with Crippen molar-refractivity contribution in [3.8, 4) is 34.5 Å². The van der Waals surface area contributed by atoms with Crippen LogP contribution < -0.4 is 9.47 Å². The lowest BCUT2D eigenvalue weighted by molar-refractivity contribution is -0.138. The summed E-state index contributed by atoms with van der Waals surface area (Å²) in [6, 6.07) is 26.6. The minimum absolute atomic E-state index is 0.0739. The monoisotopic (exact) mass is 465 g/mol. The van der Waals surface area contributed by atoms with Crippen LogP contribution in [0.3, 0.4) is 0 Å². The van der Waals surface area contributed by atoms with Crippen LogP contribution in [-0.2, 0) is 16.1 Å². The topological polar surface area (TPSA) is 86.4 Å².